The van der Waals surface area contributed by atoms with Crippen LogP contribution in [-0.2, 0) is 11.3 Å². The van der Waals surface area contributed by atoms with Gasteiger partial charge in [-0.05, 0) is 18.6 Å². The lowest BCUT2D eigenvalue weighted by atomic mass is 10.1. The normalized spacial score (nSPS) is 11.1. The van der Waals surface area contributed by atoms with Crippen molar-refractivity contribution in [2.45, 2.75) is 33.4 Å². The van der Waals surface area contributed by atoms with E-state index in [1.54, 1.807) is 0 Å². The average Bonchev–Trinajstić information content (AvgIpc) is 2.36. The van der Waals surface area contributed by atoms with Crippen molar-refractivity contribution in [1.29, 1.82) is 0 Å². The van der Waals surface area contributed by atoms with Gasteiger partial charge in [0.15, 0.2) is 0 Å². The number of hydrogen-bond acceptors (Lipinski definition) is 3. The highest BCUT2D eigenvalue weighted by atomic mass is 35.5. The molecule has 0 fully saturated rings. The second-order valence-electron chi connectivity index (χ2n) is 4.90. The zero-order valence-corrected chi connectivity index (χ0v) is 13.1. The van der Waals surface area contributed by atoms with Crippen molar-refractivity contribution in [2.75, 3.05) is 31.7 Å². The van der Waals surface area contributed by atoms with Gasteiger partial charge in [0.2, 0.25) is 0 Å². The van der Waals surface area contributed by atoms with E-state index in [1.807, 2.05) is 19.1 Å². The molecule has 1 aromatic carbocycles. The molecule has 19 heavy (non-hydrogen) atoms. The molecular formula is C15H25ClN2O. The molecule has 0 aliphatic rings. The molecule has 0 saturated carbocycles. The lowest BCUT2D eigenvalue weighted by molar-refractivity contribution is 0.154. The first kappa shape index (κ1) is 16.3. The van der Waals surface area contributed by atoms with Gasteiger partial charge in [-0.2, -0.15) is 0 Å². The van der Waals surface area contributed by atoms with E-state index in [4.69, 9.17) is 16.3 Å². The van der Waals surface area contributed by atoms with Crippen LogP contribution in [0, 0.1) is 0 Å². The molecule has 0 unspecified atom stereocenters. The van der Waals surface area contributed by atoms with E-state index in [0.717, 1.165) is 37.0 Å². The fourth-order valence-electron chi connectivity index (χ4n) is 1.90. The Balaban J connectivity index is 2.78. The maximum Gasteiger partial charge on any atom is 0.0642 e. The van der Waals surface area contributed by atoms with Crippen LogP contribution in [0.3, 0.4) is 0 Å². The molecule has 0 aliphatic carbocycles. The molecule has 0 atom stereocenters. The number of anilines is 1. The number of para-hydroxylation sites is 1. The highest BCUT2D eigenvalue weighted by Crippen LogP contribution is 2.29. The largest absolute Gasteiger partial charge is 0.380 e. The standard InChI is InChI=1S/C15H25ClN2O/c1-5-19-10-9-18(4)15-13(11-17-12(2)3)7-6-8-14(15)16/h6-8,12,17H,5,9-11H2,1-4H3. The SMILES string of the molecule is CCOCCN(C)c1c(Cl)cccc1CNC(C)C. The van der Waals surface area contributed by atoms with Gasteiger partial charge in [-0.3, -0.25) is 0 Å². The lowest BCUT2D eigenvalue weighted by Gasteiger charge is -2.24. The van der Waals surface area contributed by atoms with Gasteiger partial charge in [0.25, 0.3) is 0 Å². The highest BCUT2D eigenvalue weighted by Gasteiger charge is 2.11. The average molecular weight is 285 g/mol. The quantitative estimate of drug-likeness (QED) is 0.741. The van der Waals surface area contributed by atoms with Crippen molar-refractivity contribution in [2.24, 2.45) is 0 Å². The molecule has 108 valence electrons. The molecule has 0 amide bonds. The predicted molar refractivity (Wildman–Crippen MR) is 83.2 cm³/mol. The number of halogens is 1. The summed E-state index contributed by atoms with van der Waals surface area (Å²) in [5, 5.41) is 4.23. The van der Waals surface area contributed by atoms with Crippen LogP contribution in [0.2, 0.25) is 5.02 Å². The van der Waals surface area contributed by atoms with E-state index < -0.39 is 0 Å². The second-order valence-corrected chi connectivity index (χ2v) is 5.31. The van der Waals surface area contributed by atoms with Gasteiger partial charge in [0, 0.05) is 32.8 Å². The van der Waals surface area contributed by atoms with Crippen molar-refractivity contribution in [3.8, 4) is 0 Å². The Labute approximate surface area is 121 Å². The minimum absolute atomic E-state index is 0.459. The fraction of sp³-hybridized carbons (Fsp3) is 0.600. The number of nitrogens with one attached hydrogen (secondary N) is 1. The molecule has 0 aromatic heterocycles. The number of nitrogens with zero attached hydrogens (tertiary/aromatic N) is 1. The molecule has 0 aliphatic heterocycles. The Morgan fingerprint density at radius 2 is 2.11 bits per heavy atom. The van der Waals surface area contributed by atoms with Crippen molar-refractivity contribution in [3.63, 3.8) is 0 Å². The third-order valence-corrected chi connectivity index (χ3v) is 3.23. The minimum atomic E-state index is 0.459. The number of rotatable bonds is 8. The van der Waals surface area contributed by atoms with E-state index in [2.05, 4.69) is 37.2 Å². The smallest absolute Gasteiger partial charge is 0.0642 e. The summed E-state index contributed by atoms with van der Waals surface area (Å²) in [6.45, 7) is 9.42. The maximum atomic E-state index is 6.34. The monoisotopic (exact) mass is 284 g/mol. The Morgan fingerprint density at radius 3 is 2.74 bits per heavy atom. The van der Waals surface area contributed by atoms with Gasteiger partial charge in [0.05, 0.1) is 17.3 Å². The van der Waals surface area contributed by atoms with Crippen molar-refractivity contribution >= 4 is 17.3 Å². The van der Waals surface area contributed by atoms with Gasteiger partial charge < -0.3 is 15.0 Å². The van der Waals surface area contributed by atoms with Gasteiger partial charge in [-0.1, -0.05) is 37.6 Å². The number of ether oxygens (including phenoxy) is 1. The molecular weight excluding hydrogens is 260 g/mol. The van der Waals surface area contributed by atoms with Gasteiger partial charge >= 0.3 is 0 Å². The van der Waals surface area contributed by atoms with Crippen LogP contribution < -0.4 is 10.2 Å². The van der Waals surface area contributed by atoms with Crippen LogP contribution >= 0.6 is 11.6 Å². The Kier molecular flexibility index (Phi) is 7.21. The van der Waals surface area contributed by atoms with Gasteiger partial charge in [-0.15, -0.1) is 0 Å². The molecule has 0 saturated heterocycles. The third kappa shape index (κ3) is 5.39. The van der Waals surface area contributed by atoms with E-state index in [1.165, 1.54) is 5.56 Å². The van der Waals surface area contributed by atoms with Crippen LogP contribution in [0.4, 0.5) is 5.69 Å². The molecule has 0 heterocycles. The number of benzene rings is 1. The predicted octanol–water partition coefficient (Wildman–Crippen LogP) is 3.31. The van der Waals surface area contributed by atoms with E-state index >= 15 is 0 Å². The van der Waals surface area contributed by atoms with E-state index in [-0.39, 0.29) is 0 Å². The van der Waals surface area contributed by atoms with Gasteiger partial charge in [-0.25, -0.2) is 0 Å². The molecule has 3 nitrogen and oxygen atoms in total. The van der Waals surface area contributed by atoms with Crippen LogP contribution in [0.25, 0.3) is 0 Å². The van der Waals surface area contributed by atoms with E-state index in [0.29, 0.717) is 6.04 Å². The van der Waals surface area contributed by atoms with Crippen LogP contribution in [0.1, 0.15) is 26.3 Å². The number of hydrogen-bond donors (Lipinski definition) is 1. The zero-order chi connectivity index (χ0) is 14.3. The van der Waals surface area contributed by atoms with Crippen LogP contribution in [0.5, 0.6) is 0 Å². The third-order valence-electron chi connectivity index (χ3n) is 2.93. The maximum absolute atomic E-state index is 6.34. The van der Waals surface area contributed by atoms with E-state index in [9.17, 15) is 0 Å². The summed E-state index contributed by atoms with van der Waals surface area (Å²) in [6, 6.07) is 6.51. The molecule has 4 heteroatoms. The molecule has 1 rings (SSSR count). The fourth-order valence-corrected chi connectivity index (χ4v) is 2.24. The summed E-state index contributed by atoms with van der Waals surface area (Å²) in [5.74, 6) is 0. The van der Waals surface area contributed by atoms with Crippen molar-refractivity contribution in [1.82, 2.24) is 5.32 Å². The topological polar surface area (TPSA) is 24.5 Å². The van der Waals surface area contributed by atoms with Crippen molar-refractivity contribution < 1.29 is 4.74 Å². The highest BCUT2D eigenvalue weighted by molar-refractivity contribution is 6.33. The summed E-state index contributed by atoms with van der Waals surface area (Å²) in [7, 11) is 2.05. The molecule has 0 radical (unpaired) electrons. The zero-order valence-electron chi connectivity index (χ0n) is 12.4. The number of likely N-dealkylation sites (N-methyl/N-ethyl adjacent to an activating group) is 1. The molecule has 1 aromatic rings. The Morgan fingerprint density at radius 1 is 1.37 bits per heavy atom. The Bertz CT molecular complexity index is 382. The first-order chi connectivity index (χ1) is 9.06. The summed E-state index contributed by atoms with van der Waals surface area (Å²) >= 11 is 6.34. The van der Waals surface area contributed by atoms with Gasteiger partial charge in [0.1, 0.15) is 0 Å². The summed E-state index contributed by atoms with van der Waals surface area (Å²) < 4.78 is 5.40. The first-order valence-corrected chi connectivity index (χ1v) is 7.23. The van der Waals surface area contributed by atoms with Crippen molar-refractivity contribution in [3.05, 3.63) is 28.8 Å². The minimum Gasteiger partial charge on any atom is -0.380 e. The summed E-state index contributed by atoms with van der Waals surface area (Å²) in [6.07, 6.45) is 0. The molecule has 0 spiro atoms. The Hall–Kier alpha value is -0.770. The lowest BCUT2D eigenvalue weighted by Crippen LogP contribution is -2.27. The first-order valence-electron chi connectivity index (χ1n) is 6.85. The summed E-state index contributed by atoms with van der Waals surface area (Å²) in [4.78, 5) is 2.16. The molecule has 1 N–H and O–H groups in total. The second kappa shape index (κ2) is 8.41. The summed E-state index contributed by atoms with van der Waals surface area (Å²) in [5.41, 5.74) is 2.32. The molecule has 0 bridgehead atoms. The van der Waals surface area contributed by atoms with Crippen LogP contribution in [0.15, 0.2) is 18.2 Å². The van der Waals surface area contributed by atoms with Crippen LogP contribution in [-0.4, -0.2) is 32.8 Å².